The van der Waals surface area contributed by atoms with E-state index in [-0.39, 0.29) is 0 Å². The van der Waals surface area contributed by atoms with Gasteiger partial charge in [0.2, 0.25) is 0 Å². The minimum Gasteiger partial charge on any atom is -0.326 e. The van der Waals surface area contributed by atoms with Gasteiger partial charge in [-0.25, -0.2) is 0 Å². The third-order valence-corrected chi connectivity index (χ3v) is 4.03. The molecule has 0 atom stereocenters. The third-order valence-electron chi connectivity index (χ3n) is 4.03. The van der Waals surface area contributed by atoms with Crippen molar-refractivity contribution in [1.29, 1.82) is 0 Å². The summed E-state index contributed by atoms with van der Waals surface area (Å²) in [7, 11) is 0. The van der Waals surface area contributed by atoms with Crippen molar-refractivity contribution in [3.63, 3.8) is 0 Å². The quantitative estimate of drug-likeness (QED) is 0.465. The molecule has 0 aliphatic rings. The zero-order chi connectivity index (χ0) is 16.1. The Hall–Kier alpha value is -2.64. The summed E-state index contributed by atoms with van der Waals surface area (Å²) in [5.41, 5.74) is 8.45. The standard InChI is InChI=1S/C15H13N.C7H8/c16-10-15-13-7-3-1-5-11(13)9-12-6-2-4-8-14(12)15;1-7-5-3-2-4-6-7/h1-9H,10,16H2;2-6H,1H3. The molecule has 0 aromatic heterocycles. The lowest BCUT2D eigenvalue weighted by atomic mass is 9.97. The molecule has 0 bridgehead atoms. The van der Waals surface area contributed by atoms with Crippen LogP contribution in [0.3, 0.4) is 0 Å². The summed E-state index contributed by atoms with van der Waals surface area (Å²) in [5.74, 6) is 0. The number of fused-ring (bicyclic) bond motifs is 2. The van der Waals surface area contributed by atoms with Gasteiger partial charge in [-0.15, -0.1) is 0 Å². The molecule has 4 rings (SSSR count). The Balaban J connectivity index is 0.000000188. The molecule has 0 heterocycles. The number of benzene rings is 4. The maximum atomic E-state index is 5.88. The summed E-state index contributed by atoms with van der Waals surface area (Å²) in [5, 5.41) is 5.07. The summed E-state index contributed by atoms with van der Waals surface area (Å²) >= 11 is 0. The van der Waals surface area contributed by atoms with E-state index in [9.17, 15) is 0 Å². The average Bonchev–Trinajstić information content (AvgIpc) is 2.61. The fourth-order valence-electron chi connectivity index (χ4n) is 2.86. The van der Waals surface area contributed by atoms with Crippen LogP contribution in [0.2, 0.25) is 0 Å². The van der Waals surface area contributed by atoms with E-state index in [4.69, 9.17) is 5.73 Å². The van der Waals surface area contributed by atoms with Crippen molar-refractivity contribution in [1.82, 2.24) is 0 Å². The summed E-state index contributed by atoms with van der Waals surface area (Å²) < 4.78 is 0. The minimum absolute atomic E-state index is 0.585. The monoisotopic (exact) mass is 299 g/mol. The van der Waals surface area contributed by atoms with Crippen molar-refractivity contribution in [2.45, 2.75) is 13.5 Å². The predicted molar refractivity (Wildman–Crippen MR) is 101 cm³/mol. The maximum Gasteiger partial charge on any atom is 0.0190 e. The zero-order valence-corrected chi connectivity index (χ0v) is 13.4. The Bertz CT molecular complexity index is 857. The van der Waals surface area contributed by atoms with Crippen molar-refractivity contribution >= 4 is 21.5 Å². The Morgan fingerprint density at radius 3 is 1.57 bits per heavy atom. The molecular weight excluding hydrogens is 278 g/mol. The highest BCUT2D eigenvalue weighted by Crippen LogP contribution is 2.27. The van der Waals surface area contributed by atoms with Crippen molar-refractivity contribution < 1.29 is 0 Å². The minimum atomic E-state index is 0.585. The predicted octanol–water partition coefficient (Wildman–Crippen LogP) is 5.45. The van der Waals surface area contributed by atoms with Crippen LogP contribution in [0.15, 0.2) is 84.9 Å². The van der Waals surface area contributed by atoms with Gasteiger partial charge in [-0.3, -0.25) is 0 Å². The van der Waals surface area contributed by atoms with Crippen molar-refractivity contribution in [3.05, 3.63) is 96.1 Å². The van der Waals surface area contributed by atoms with Gasteiger partial charge in [-0.1, -0.05) is 84.4 Å². The molecule has 0 amide bonds. The molecule has 0 aliphatic heterocycles. The normalized spacial score (nSPS) is 10.3. The van der Waals surface area contributed by atoms with Gasteiger partial charge in [-0.2, -0.15) is 0 Å². The van der Waals surface area contributed by atoms with E-state index in [1.54, 1.807) is 0 Å². The lowest BCUT2D eigenvalue weighted by Gasteiger charge is -2.09. The number of rotatable bonds is 1. The average molecular weight is 299 g/mol. The second-order valence-electron chi connectivity index (χ2n) is 5.66. The summed E-state index contributed by atoms with van der Waals surface area (Å²) in [6.45, 7) is 2.67. The molecule has 0 fully saturated rings. The van der Waals surface area contributed by atoms with E-state index in [1.165, 1.54) is 32.7 Å². The zero-order valence-electron chi connectivity index (χ0n) is 13.4. The lowest BCUT2D eigenvalue weighted by molar-refractivity contribution is 1.10. The van der Waals surface area contributed by atoms with E-state index in [1.807, 2.05) is 18.2 Å². The molecule has 4 aromatic carbocycles. The van der Waals surface area contributed by atoms with Gasteiger partial charge in [0.05, 0.1) is 0 Å². The van der Waals surface area contributed by atoms with Gasteiger partial charge in [0.1, 0.15) is 0 Å². The van der Waals surface area contributed by atoms with E-state index in [0.29, 0.717) is 6.54 Å². The Labute approximate surface area is 137 Å². The van der Waals surface area contributed by atoms with Gasteiger partial charge in [0.25, 0.3) is 0 Å². The van der Waals surface area contributed by atoms with Crippen LogP contribution < -0.4 is 5.73 Å². The highest BCUT2D eigenvalue weighted by atomic mass is 14.5. The number of aryl methyl sites for hydroxylation is 1. The SMILES string of the molecule is Cc1ccccc1.NCc1c2ccccc2cc2ccccc12. The fraction of sp³-hybridized carbons (Fsp3) is 0.0909. The smallest absolute Gasteiger partial charge is 0.0190 e. The fourth-order valence-corrected chi connectivity index (χ4v) is 2.86. The molecule has 0 saturated carbocycles. The maximum absolute atomic E-state index is 5.88. The molecule has 2 N–H and O–H groups in total. The number of nitrogens with two attached hydrogens (primary N) is 1. The first kappa shape index (κ1) is 15.3. The molecule has 1 nitrogen and oxygen atoms in total. The summed E-state index contributed by atoms with van der Waals surface area (Å²) in [4.78, 5) is 0. The van der Waals surface area contributed by atoms with E-state index >= 15 is 0 Å². The Morgan fingerprint density at radius 2 is 1.13 bits per heavy atom. The van der Waals surface area contributed by atoms with Crippen LogP contribution in [0, 0.1) is 6.92 Å². The van der Waals surface area contributed by atoms with Crippen LogP contribution >= 0.6 is 0 Å². The molecule has 1 heteroatoms. The second-order valence-corrected chi connectivity index (χ2v) is 5.66. The first-order valence-electron chi connectivity index (χ1n) is 7.90. The van der Waals surface area contributed by atoms with Gasteiger partial charge in [-0.05, 0) is 40.1 Å². The van der Waals surface area contributed by atoms with E-state index in [0.717, 1.165) is 0 Å². The van der Waals surface area contributed by atoms with Crippen LogP contribution in [0.25, 0.3) is 21.5 Å². The molecule has 0 spiro atoms. The largest absolute Gasteiger partial charge is 0.326 e. The van der Waals surface area contributed by atoms with Crippen molar-refractivity contribution in [2.75, 3.05) is 0 Å². The molecule has 0 radical (unpaired) electrons. The molecule has 0 saturated heterocycles. The van der Waals surface area contributed by atoms with Crippen molar-refractivity contribution in [3.8, 4) is 0 Å². The number of hydrogen-bond acceptors (Lipinski definition) is 1. The Morgan fingerprint density at radius 1 is 0.652 bits per heavy atom. The lowest BCUT2D eigenvalue weighted by Crippen LogP contribution is -1.98. The van der Waals surface area contributed by atoms with Gasteiger partial charge in [0.15, 0.2) is 0 Å². The first-order valence-corrected chi connectivity index (χ1v) is 7.90. The first-order chi connectivity index (χ1) is 11.3. The van der Waals surface area contributed by atoms with Gasteiger partial charge >= 0.3 is 0 Å². The van der Waals surface area contributed by atoms with Gasteiger partial charge in [0, 0.05) is 6.54 Å². The number of hydrogen-bond donors (Lipinski definition) is 1. The highest BCUT2D eigenvalue weighted by Gasteiger charge is 2.04. The second kappa shape index (κ2) is 7.08. The molecule has 0 aliphatic carbocycles. The summed E-state index contributed by atoms with van der Waals surface area (Å²) in [6.07, 6.45) is 0. The van der Waals surface area contributed by atoms with Crippen molar-refractivity contribution in [2.24, 2.45) is 5.73 Å². The van der Waals surface area contributed by atoms with E-state index < -0.39 is 0 Å². The topological polar surface area (TPSA) is 26.0 Å². The van der Waals surface area contributed by atoms with Crippen LogP contribution in [-0.2, 0) is 6.54 Å². The Kier molecular flexibility index (Phi) is 4.70. The van der Waals surface area contributed by atoms with Crippen LogP contribution in [0.5, 0.6) is 0 Å². The van der Waals surface area contributed by atoms with Crippen LogP contribution in [0.4, 0.5) is 0 Å². The van der Waals surface area contributed by atoms with Crippen LogP contribution in [0.1, 0.15) is 11.1 Å². The third kappa shape index (κ3) is 3.41. The van der Waals surface area contributed by atoms with Gasteiger partial charge < -0.3 is 5.73 Å². The molecule has 0 unspecified atom stereocenters. The molecular formula is C22H21N. The molecule has 4 aromatic rings. The highest BCUT2D eigenvalue weighted by molar-refractivity contribution is 6.02. The van der Waals surface area contributed by atoms with E-state index in [2.05, 4.69) is 73.7 Å². The van der Waals surface area contributed by atoms with Crippen LogP contribution in [-0.4, -0.2) is 0 Å². The molecule has 114 valence electrons. The molecule has 23 heavy (non-hydrogen) atoms. The summed E-state index contributed by atoms with van der Waals surface area (Å²) in [6, 6.07) is 29.3.